The van der Waals surface area contributed by atoms with Crippen LogP contribution in [-0.2, 0) is 11.3 Å². The van der Waals surface area contributed by atoms with Gasteiger partial charge in [0.05, 0.1) is 33.2 Å². The van der Waals surface area contributed by atoms with Crippen LogP contribution in [0.1, 0.15) is 35.7 Å². The van der Waals surface area contributed by atoms with E-state index in [2.05, 4.69) is 35.6 Å². The minimum Gasteiger partial charge on any atom is -0.361 e. The van der Waals surface area contributed by atoms with Crippen LogP contribution in [0.25, 0.3) is 17.3 Å². The van der Waals surface area contributed by atoms with E-state index >= 15 is 0 Å². The zero-order valence-corrected chi connectivity index (χ0v) is 21.3. The number of piperidine rings is 1. The second-order valence-corrected chi connectivity index (χ2v) is 10.1. The van der Waals surface area contributed by atoms with E-state index in [1.54, 1.807) is 25.3 Å². The molecular formula is C25H26FN7O3S. The molecule has 2 aliphatic heterocycles. The van der Waals surface area contributed by atoms with E-state index in [1.165, 1.54) is 12.1 Å². The van der Waals surface area contributed by atoms with Crippen molar-refractivity contribution in [2.24, 2.45) is 5.92 Å². The van der Waals surface area contributed by atoms with E-state index in [0.717, 1.165) is 49.8 Å². The summed E-state index contributed by atoms with van der Waals surface area (Å²) in [5, 5.41) is 9.22. The maximum absolute atomic E-state index is 14.3. The van der Waals surface area contributed by atoms with Crippen molar-refractivity contribution in [2.75, 3.05) is 24.5 Å². The van der Waals surface area contributed by atoms with Crippen LogP contribution in [0.4, 0.5) is 15.1 Å². The third-order valence-corrected chi connectivity index (χ3v) is 7.17. The largest absolute Gasteiger partial charge is 0.361 e. The molecule has 0 bridgehead atoms. The average molecular weight is 524 g/mol. The molecule has 0 spiro atoms. The van der Waals surface area contributed by atoms with Gasteiger partial charge in [-0.15, -0.1) is 0 Å². The highest BCUT2D eigenvalue weighted by molar-refractivity contribution is 8.18. The lowest BCUT2D eigenvalue weighted by Gasteiger charge is -2.32. The Balaban J connectivity index is 1.14. The van der Waals surface area contributed by atoms with Crippen molar-refractivity contribution in [3.8, 4) is 11.3 Å². The van der Waals surface area contributed by atoms with Gasteiger partial charge in [-0.05, 0) is 69.1 Å². The third-order valence-electron chi connectivity index (χ3n) is 6.35. The van der Waals surface area contributed by atoms with Crippen molar-refractivity contribution in [2.45, 2.75) is 33.2 Å². The van der Waals surface area contributed by atoms with Crippen molar-refractivity contribution < 1.29 is 18.5 Å². The number of hydrogen-bond acceptors (Lipinski definition) is 10. The molecule has 2 fully saturated rings. The first-order valence-corrected chi connectivity index (χ1v) is 12.8. The van der Waals surface area contributed by atoms with Gasteiger partial charge < -0.3 is 14.7 Å². The molecule has 2 amide bonds. The Labute approximate surface area is 217 Å². The summed E-state index contributed by atoms with van der Waals surface area (Å²) in [6.45, 7) is 6.46. The van der Waals surface area contributed by atoms with E-state index in [4.69, 9.17) is 4.52 Å². The van der Waals surface area contributed by atoms with Crippen LogP contribution in [0.2, 0.25) is 0 Å². The molecule has 0 aromatic carbocycles. The Morgan fingerprint density at radius 1 is 1.24 bits per heavy atom. The first-order chi connectivity index (χ1) is 17.9. The van der Waals surface area contributed by atoms with Gasteiger partial charge in [0, 0.05) is 31.9 Å². The number of nitrogens with one attached hydrogen (secondary N) is 2. The molecule has 192 valence electrons. The number of halogens is 1. The van der Waals surface area contributed by atoms with E-state index in [1.807, 2.05) is 6.92 Å². The highest BCUT2D eigenvalue weighted by Gasteiger charge is 2.26. The van der Waals surface area contributed by atoms with Gasteiger partial charge in [0.15, 0.2) is 0 Å². The minimum atomic E-state index is -0.406. The summed E-state index contributed by atoms with van der Waals surface area (Å²) in [4.78, 5) is 39.2. The van der Waals surface area contributed by atoms with Gasteiger partial charge in [0.2, 0.25) is 5.95 Å². The first-order valence-electron chi connectivity index (χ1n) is 12.0. The second-order valence-electron chi connectivity index (χ2n) is 9.06. The summed E-state index contributed by atoms with van der Waals surface area (Å²) >= 11 is 0.866. The summed E-state index contributed by atoms with van der Waals surface area (Å²) in [5.74, 6) is 0.932. The van der Waals surface area contributed by atoms with Gasteiger partial charge in [-0.1, -0.05) is 5.16 Å². The molecule has 2 aliphatic rings. The number of carbonyl (C=O) groups excluding carboxylic acids is 2. The highest BCUT2D eigenvalue weighted by atomic mass is 32.2. The smallest absolute Gasteiger partial charge is 0.290 e. The lowest BCUT2D eigenvalue weighted by atomic mass is 9.97. The fourth-order valence-electron chi connectivity index (χ4n) is 4.51. The fraction of sp³-hybridized carbons (Fsp3) is 0.360. The Bertz CT molecular complexity index is 1350. The van der Waals surface area contributed by atoms with Crippen LogP contribution < -0.4 is 15.5 Å². The monoisotopic (exact) mass is 523 g/mol. The normalized spacial score (nSPS) is 17.6. The summed E-state index contributed by atoms with van der Waals surface area (Å²) in [6.07, 6.45) is 5.17. The molecule has 0 aliphatic carbocycles. The standard InChI is InChI=1S/C25H26FN7O3S/c1-14-22(15(2)36-32-14)20-10-17(26)9-19(29-20)13-27-12-16-4-7-33(8-5-16)24-28-6-3-18(30-24)11-21-23(34)31-25(35)37-21/h3,6,9-11,16,27H,4-5,7-8,12-13H2,1-2H3,(H,31,34,35). The number of rotatable bonds is 7. The van der Waals surface area contributed by atoms with Gasteiger partial charge in [0.25, 0.3) is 11.1 Å². The number of anilines is 1. The molecule has 12 heteroatoms. The van der Waals surface area contributed by atoms with E-state index < -0.39 is 5.91 Å². The first kappa shape index (κ1) is 25.0. The SMILES string of the molecule is Cc1noc(C)c1-c1cc(F)cc(CNCC2CCN(c3nccc(C=C4SC(=O)NC4=O)n3)CC2)n1. The van der Waals surface area contributed by atoms with Crippen LogP contribution in [0, 0.1) is 25.6 Å². The zero-order valence-electron chi connectivity index (χ0n) is 20.5. The van der Waals surface area contributed by atoms with Gasteiger partial charge in [0.1, 0.15) is 11.6 Å². The predicted molar refractivity (Wildman–Crippen MR) is 137 cm³/mol. The number of thioether (sulfide) groups is 1. The predicted octanol–water partition coefficient (Wildman–Crippen LogP) is 3.61. The summed E-state index contributed by atoms with van der Waals surface area (Å²) in [5.41, 5.74) is 3.15. The molecule has 5 rings (SSSR count). The molecule has 2 saturated heterocycles. The maximum Gasteiger partial charge on any atom is 0.290 e. The second kappa shape index (κ2) is 10.8. The highest BCUT2D eigenvalue weighted by Crippen LogP contribution is 2.27. The lowest BCUT2D eigenvalue weighted by molar-refractivity contribution is -0.115. The molecule has 0 atom stereocenters. The van der Waals surface area contributed by atoms with Gasteiger partial charge in [-0.3, -0.25) is 19.9 Å². The zero-order chi connectivity index (χ0) is 25.9. The van der Waals surface area contributed by atoms with Crippen molar-refractivity contribution in [3.63, 3.8) is 0 Å². The van der Waals surface area contributed by atoms with E-state index in [9.17, 15) is 14.0 Å². The molecular weight excluding hydrogens is 497 g/mol. The number of hydrogen-bond donors (Lipinski definition) is 2. The Hall–Kier alpha value is -3.64. The lowest BCUT2D eigenvalue weighted by Crippen LogP contribution is -2.38. The Morgan fingerprint density at radius 3 is 2.76 bits per heavy atom. The molecule has 3 aromatic rings. The van der Waals surface area contributed by atoms with Crippen molar-refractivity contribution in [3.05, 3.63) is 58.0 Å². The fourth-order valence-corrected chi connectivity index (χ4v) is 5.18. The quantitative estimate of drug-likeness (QED) is 0.444. The Kier molecular flexibility index (Phi) is 7.28. The molecule has 3 aromatic heterocycles. The van der Waals surface area contributed by atoms with Crippen molar-refractivity contribution in [1.29, 1.82) is 0 Å². The van der Waals surface area contributed by atoms with Crippen LogP contribution in [0.15, 0.2) is 33.8 Å². The molecule has 5 heterocycles. The number of aromatic nitrogens is 4. The number of pyridine rings is 1. The average Bonchev–Trinajstić information content (AvgIpc) is 3.38. The number of imide groups is 1. The Morgan fingerprint density at radius 2 is 2.05 bits per heavy atom. The van der Waals surface area contributed by atoms with Gasteiger partial charge >= 0.3 is 0 Å². The van der Waals surface area contributed by atoms with Gasteiger partial charge in [-0.25, -0.2) is 14.4 Å². The summed E-state index contributed by atoms with van der Waals surface area (Å²) in [7, 11) is 0. The molecule has 37 heavy (non-hydrogen) atoms. The maximum atomic E-state index is 14.3. The minimum absolute atomic E-state index is 0.325. The molecule has 10 nitrogen and oxygen atoms in total. The van der Waals surface area contributed by atoms with Gasteiger partial charge in [-0.2, -0.15) is 0 Å². The van der Waals surface area contributed by atoms with Crippen molar-refractivity contribution in [1.82, 2.24) is 30.7 Å². The van der Waals surface area contributed by atoms with E-state index in [0.29, 0.717) is 51.9 Å². The third kappa shape index (κ3) is 5.86. The molecule has 0 unspecified atom stereocenters. The summed E-state index contributed by atoms with van der Waals surface area (Å²) in [6, 6.07) is 4.56. The number of nitrogens with zero attached hydrogens (tertiary/aromatic N) is 5. The van der Waals surface area contributed by atoms with Crippen LogP contribution in [-0.4, -0.2) is 50.9 Å². The molecule has 0 radical (unpaired) electrons. The van der Waals surface area contributed by atoms with Crippen LogP contribution >= 0.6 is 11.8 Å². The summed E-state index contributed by atoms with van der Waals surface area (Å²) < 4.78 is 19.5. The number of aryl methyl sites for hydroxylation is 2. The van der Waals surface area contributed by atoms with Crippen LogP contribution in [0.5, 0.6) is 0 Å². The number of carbonyl (C=O) groups is 2. The number of amides is 2. The van der Waals surface area contributed by atoms with Crippen molar-refractivity contribution >= 4 is 34.9 Å². The van der Waals surface area contributed by atoms with Crippen LogP contribution in [0.3, 0.4) is 0 Å². The molecule has 2 N–H and O–H groups in total. The van der Waals surface area contributed by atoms with E-state index in [-0.39, 0.29) is 11.1 Å². The molecule has 0 saturated carbocycles. The topological polar surface area (TPSA) is 126 Å².